The van der Waals surface area contributed by atoms with Crippen molar-refractivity contribution in [1.29, 1.82) is 0 Å². The smallest absolute Gasteiger partial charge is 0.408 e. The Morgan fingerprint density at radius 1 is 0.885 bits per heavy atom. The Bertz CT molecular complexity index is 1590. The summed E-state index contributed by atoms with van der Waals surface area (Å²) < 4.78 is 5.50. The van der Waals surface area contributed by atoms with Gasteiger partial charge in [0.1, 0.15) is 18.7 Å². The monoisotopic (exact) mass is 715 g/mol. The van der Waals surface area contributed by atoms with Crippen molar-refractivity contribution in [2.45, 2.75) is 110 Å². The van der Waals surface area contributed by atoms with Crippen LogP contribution in [-0.2, 0) is 32.1 Å². The first kappa shape index (κ1) is 40.3. The molecule has 4 rings (SSSR count). The van der Waals surface area contributed by atoms with Crippen LogP contribution in [0.1, 0.15) is 77.3 Å². The SMILES string of the molecule is CCC(C)CNC(=O)C[C@H](O)[C@H](CC(C)C)NC(=O)[C@H](CC1CCCN1)NC(=O)[C@H](Cc1cccc2ccccc12)NC(=O)OCc1ccccc1. The van der Waals surface area contributed by atoms with Crippen molar-refractivity contribution in [1.82, 2.24) is 26.6 Å². The van der Waals surface area contributed by atoms with E-state index in [-0.39, 0.29) is 37.3 Å². The quantitative estimate of drug-likeness (QED) is 0.105. The minimum atomic E-state index is -1.12. The highest BCUT2D eigenvalue weighted by Gasteiger charge is 2.33. The largest absolute Gasteiger partial charge is 0.445 e. The predicted molar refractivity (Wildman–Crippen MR) is 203 cm³/mol. The minimum absolute atomic E-state index is 0.00355. The number of benzene rings is 3. The van der Waals surface area contributed by atoms with Gasteiger partial charge in [-0.05, 0) is 66.0 Å². The van der Waals surface area contributed by atoms with Crippen molar-refractivity contribution < 1.29 is 29.0 Å². The number of alkyl carbamates (subject to hydrolysis) is 1. The molecular formula is C41H57N5O6. The van der Waals surface area contributed by atoms with E-state index in [4.69, 9.17) is 4.74 Å². The van der Waals surface area contributed by atoms with E-state index in [2.05, 4.69) is 33.5 Å². The molecule has 52 heavy (non-hydrogen) atoms. The zero-order valence-corrected chi connectivity index (χ0v) is 31.0. The van der Waals surface area contributed by atoms with E-state index in [0.717, 1.165) is 47.7 Å². The number of aliphatic hydroxyl groups excluding tert-OH is 1. The fourth-order valence-corrected chi connectivity index (χ4v) is 6.49. The number of fused-ring (bicyclic) bond motifs is 1. The third-order valence-electron chi connectivity index (χ3n) is 9.70. The lowest BCUT2D eigenvalue weighted by Gasteiger charge is -2.30. The Morgan fingerprint density at radius 2 is 1.60 bits per heavy atom. The van der Waals surface area contributed by atoms with Crippen molar-refractivity contribution in [2.24, 2.45) is 11.8 Å². The maximum atomic E-state index is 14.2. The second kappa shape index (κ2) is 20.5. The summed E-state index contributed by atoms with van der Waals surface area (Å²) >= 11 is 0. The van der Waals surface area contributed by atoms with Gasteiger partial charge in [0.2, 0.25) is 17.7 Å². The molecule has 4 amide bonds. The number of aliphatic hydroxyl groups is 1. The van der Waals surface area contributed by atoms with E-state index in [9.17, 15) is 24.3 Å². The summed E-state index contributed by atoms with van der Waals surface area (Å²) in [7, 11) is 0. The summed E-state index contributed by atoms with van der Waals surface area (Å²) in [6.45, 7) is 9.42. The van der Waals surface area contributed by atoms with Crippen molar-refractivity contribution in [3.8, 4) is 0 Å². The Hall–Kier alpha value is -4.48. The normalized spacial score (nSPS) is 17.1. The molecular weight excluding hydrogens is 658 g/mol. The summed E-state index contributed by atoms with van der Waals surface area (Å²) in [6.07, 6.45) is 1.60. The van der Waals surface area contributed by atoms with Crippen LogP contribution in [0.25, 0.3) is 10.8 Å². The molecule has 6 N–H and O–H groups in total. The van der Waals surface area contributed by atoms with Crippen LogP contribution in [-0.4, -0.2) is 72.3 Å². The van der Waals surface area contributed by atoms with Gasteiger partial charge in [-0.1, -0.05) is 107 Å². The number of amides is 4. The van der Waals surface area contributed by atoms with Crippen LogP contribution in [0.15, 0.2) is 72.8 Å². The minimum Gasteiger partial charge on any atom is -0.445 e. The van der Waals surface area contributed by atoms with Crippen LogP contribution in [0.3, 0.4) is 0 Å². The average Bonchev–Trinajstić information content (AvgIpc) is 3.65. The first-order valence-corrected chi connectivity index (χ1v) is 18.7. The second-order valence-electron chi connectivity index (χ2n) is 14.5. The third kappa shape index (κ3) is 12.9. The van der Waals surface area contributed by atoms with Gasteiger partial charge in [0, 0.05) is 19.0 Å². The van der Waals surface area contributed by atoms with Gasteiger partial charge in [-0.15, -0.1) is 0 Å². The van der Waals surface area contributed by atoms with Gasteiger partial charge in [-0.25, -0.2) is 4.79 Å². The van der Waals surface area contributed by atoms with E-state index < -0.39 is 42.1 Å². The number of rotatable bonds is 19. The van der Waals surface area contributed by atoms with Crippen molar-refractivity contribution >= 4 is 34.6 Å². The molecule has 0 bridgehead atoms. The number of hydrogen-bond donors (Lipinski definition) is 6. The molecule has 1 heterocycles. The Morgan fingerprint density at radius 3 is 2.31 bits per heavy atom. The first-order chi connectivity index (χ1) is 25.0. The lowest BCUT2D eigenvalue weighted by Crippen LogP contribution is -2.58. The molecule has 6 atom stereocenters. The lowest BCUT2D eigenvalue weighted by atomic mass is 9.95. The standard InChI is InChI=1S/C41H57N5O6/c1-5-28(4)25-43-38(48)24-37(47)34(21-27(2)3)44-40(50)36(23-32-18-12-20-42-32)45-39(49)35(46-41(51)52-26-29-13-7-6-8-14-29)22-31-17-11-16-30-15-9-10-19-33(30)31/h6-11,13-17,19,27-28,32,34-37,42,47H,5,12,18,20-26H2,1-4H3,(H,43,48)(H,44,50)(H,45,49)(H,46,51)/t28?,32?,34-,35-,36-,37-/m0/s1. The van der Waals surface area contributed by atoms with Gasteiger partial charge in [0.25, 0.3) is 0 Å². The van der Waals surface area contributed by atoms with E-state index in [1.165, 1.54) is 0 Å². The van der Waals surface area contributed by atoms with Crippen molar-refractivity contribution in [3.63, 3.8) is 0 Å². The molecule has 1 saturated heterocycles. The second-order valence-corrected chi connectivity index (χ2v) is 14.5. The van der Waals surface area contributed by atoms with Crippen LogP contribution in [0.4, 0.5) is 4.79 Å². The van der Waals surface area contributed by atoms with Crippen LogP contribution in [0, 0.1) is 11.8 Å². The average molecular weight is 716 g/mol. The molecule has 282 valence electrons. The topological polar surface area (TPSA) is 158 Å². The van der Waals surface area contributed by atoms with Crippen molar-refractivity contribution in [3.05, 3.63) is 83.9 Å². The van der Waals surface area contributed by atoms with Crippen molar-refractivity contribution in [2.75, 3.05) is 13.1 Å². The maximum Gasteiger partial charge on any atom is 0.408 e. The van der Waals surface area contributed by atoms with Gasteiger partial charge in [-0.3, -0.25) is 14.4 Å². The predicted octanol–water partition coefficient (Wildman–Crippen LogP) is 4.75. The summed E-state index contributed by atoms with van der Waals surface area (Å²) in [5.74, 6) is -0.845. The first-order valence-electron chi connectivity index (χ1n) is 18.7. The number of ether oxygens (including phenoxy) is 1. The van der Waals surface area contributed by atoms with Crippen LogP contribution >= 0.6 is 0 Å². The molecule has 2 unspecified atom stereocenters. The van der Waals surface area contributed by atoms with Crippen LogP contribution < -0.4 is 26.6 Å². The van der Waals surface area contributed by atoms with E-state index in [0.29, 0.717) is 25.3 Å². The Labute approximate surface area is 308 Å². The molecule has 3 aromatic rings. The maximum absolute atomic E-state index is 14.2. The highest BCUT2D eigenvalue weighted by molar-refractivity contribution is 5.93. The molecule has 0 spiro atoms. The number of nitrogens with one attached hydrogen (secondary N) is 5. The molecule has 1 fully saturated rings. The lowest BCUT2D eigenvalue weighted by molar-refractivity contribution is -0.131. The Kier molecular flexibility index (Phi) is 15.9. The summed E-state index contributed by atoms with van der Waals surface area (Å²) in [5.41, 5.74) is 1.66. The number of carbonyl (C=O) groups is 4. The highest BCUT2D eigenvalue weighted by Crippen LogP contribution is 2.21. The fourth-order valence-electron chi connectivity index (χ4n) is 6.49. The molecule has 0 radical (unpaired) electrons. The van der Waals surface area contributed by atoms with Gasteiger partial charge < -0.3 is 36.4 Å². The summed E-state index contributed by atoms with van der Waals surface area (Å²) in [6, 6.07) is 20.2. The van der Waals surface area contributed by atoms with Crippen LogP contribution in [0.5, 0.6) is 0 Å². The molecule has 11 nitrogen and oxygen atoms in total. The highest BCUT2D eigenvalue weighted by atomic mass is 16.5. The van der Waals surface area contributed by atoms with Gasteiger partial charge in [0.15, 0.2) is 0 Å². The molecule has 0 aromatic heterocycles. The molecule has 0 saturated carbocycles. The fraction of sp³-hybridized carbons (Fsp3) is 0.512. The van der Waals surface area contributed by atoms with E-state index in [1.54, 1.807) is 0 Å². The van der Waals surface area contributed by atoms with Gasteiger partial charge >= 0.3 is 6.09 Å². The molecule has 1 aliphatic rings. The van der Waals surface area contributed by atoms with Gasteiger partial charge in [0.05, 0.1) is 18.6 Å². The third-order valence-corrected chi connectivity index (χ3v) is 9.70. The number of hydrogen-bond acceptors (Lipinski definition) is 7. The van der Waals surface area contributed by atoms with E-state index in [1.807, 2.05) is 93.6 Å². The summed E-state index contributed by atoms with van der Waals surface area (Å²) in [4.78, 5) is 54.1. The van der Waals surface area contributed by atoms with E-state index >= 15 is 0 Å². The molecule has 11 heteroatoms. The zero-order valence-electron chi connectivity index (χ0n) is 31.0. The zero-order chi connectivity index (χ0) is 37.5. The molecule has 1 aliphatic heterocycles. The molecule has 0 aliphatic carbocycles. The van der Waals surface area contributed by atoms with Gasteiger partial charge in [-0.2, -0.15) is 0 Å². The molecule has 3 aromatic carbocycles. The summed E-state index contributed by atoms with van der Waals surface area (Å²) in [5, 5.41) is 28.1. The van der Waals surface area contributed by atoms with Crippen LogP contribution in [0.2, 0.25) is 0 Å². The number of carbonyl (C=O) groups excluding carboxylic acids is 4. The Balaban J connectivity index is 1.53.